The number of aliphatic carboxylic acids is 1. The topological polar surface area (TPSA) is 125 Å². The Balaban J connectivity index is 3.26. The van der Waals surface area contributed by atoms with E-state index in [1.165, 1.54) is 20.1 Å². The molecule has 1 aliphatic rings. The predicted octanol–water partition coefficient (Wildman–Crippen LogP) is -0.250. The van der Waals surface area contributed by atoms with Gasteiger partial charge in [-0.05, 0) is 6.92 Å². The van der Waals surface area contributed by atoms with Gasteiger partial charge in [-0.1, -0.05) is 6.08 Å². The number of carboxylic acids is 1. The number of rotatable bonds is 4. The summed E-state index contributed by atoms with van der Waals surface area (Å²) in [6, 6.07) is 0. The van der Waals surface area contributed by atoms with E-state index in [9.17, 15) is 15.0 Å². The van der Waals surface area contributed by atoms with Crippen LogP contribution >= 0.6 is 0 Å². The van der Waals surface area contributed by atoms with Crippen molar-refractivity contribution in [2.45, 2.75) is 25.4 Å². The van der Waals surface area contributed by atoms with E-state index in [0.717, 1.165) is 0 Å². The van der Waals surface area contributed by atoms with Crippen LogP contribution in [0.15, 0.2) is 28.2 Å². The zero-order chi connectivity index (χ0) is 14.6. The summed E-state index contributed by atoms with van der Waals surface area (Å²) in [6.07, 6.45) is 1.34. The summed E-state index contributed by atoms with van der Waals surface area (Å²) in [7, 11) is 1.39. The second-order valence-corrected chi connectivity index (χ2v) is 4.33. The average molecular weight is 270 g/mol. The maximum absolute atomic E-state index is 10.9. The molecule has 0 aromatic rings. The third kappa shape index (κ3) is 3.33. The quantitative estimate of drug-likeness (QED) is 0.522. The monoisotopic (exact) mass is 270 g/mol. The van der Waals surface area contributed by atoms with Gasteiger partial charge in [0.05, 0.1) is 30.7 Å². The Morgan fingerprint density at radius 1 is 1.58 bits per heavy atom. The Bertz CT molecular complexity index is 467. The minimum Gasteiger partial charge on any atom is -0.493 e. The van der Waals surface area contributed by atoms with Crippen LogP contribution in [0.5, 0.6) is 0 Å². The first-order chi connectivity index (χ1) is 8.86. The zero-order valence-corrected chi connectivity index (χ0v) is 10.9. The molecule has 0 fully saturated rings. The first kappa shape index (κ1) is 15.2. The van der Waals surface area contributed by atoms with Crippen LogP contribution in [-0.4, -0.2) is 46.3 Å². The van der Waals surface area contributed by atoms with Crippen LogP contribution in [0.2, 0.25) is 0 Å². The first-order valence-corrected chi connectivity index (χ1v) is 5.70. The van der Waals surface area contributed by atoms with Gasteiger partial charge in [-0.2, -0.15) is 0 Å². The van der Waals surface area contributed by atoms with Crippen molar-refractivity contribution in [2.75, 3.05) is 13.7 Å². The molecule has 1 aliphatic carbocycles. The van der Waals surface area contributed by atoms with E-state index in [4.69, 9.17) is 15.6 Å². The van der Waals surface area contributed by atoms with Crippen LogP contribution in [0, 0.1) is 0 Å². The van der Waals surface area contributed by atoms with Crippen molar-refractivity contribution in [1.82, 2.24) is 0 Å². The summed E-state index contributed by atoms with van der Waals surface area (Å²) in [5.41, 5.74) is 4.57. The molecule has 0 aromatic heterocycles. The molecule has 0 bridgehead atoms. The molecule has 0 saturated heterocycles. The molecule has 0 saturated carbocycles. The summed E-state index contributed by atoms with van der Waals surface area (Å²) in [4.78, 5) is 14.9. The summed E-state index contributed by atoms with van der Waals surface area (Å²) in [5.74, 6) is -0.944. The maximum atomic E-state index is 10.9. The number of ether oxygens (including phenoxy) is 1. The lowest BCUT2D eigenvalue weighted by Crippen LogP contribution is -2.42. The second-order valence-electron chi connectivity index (χ2n) is 4.33. The van der Waals surface area contributed by atoms with Crippen LogP contribution in [-0.2, 0) is 9.53 Å². The van der Waals surface area contributed by atoms with Gasteiger partial charge in [0.15, 0.2) is 5.76 Å². The lowest BCUT2D eigenvalue weighted by atomic mass is 9.86. The van der Waals surface area contributed by atoms with Crippen LogP contribution in [0.1, 0.15) is 19.8 Å². The SMILES string of the molecule is C/C=C(/N=C1C[C@](O)(CO)CC(N)=C1OC)C(=O)O. The van der Waals surface area contributed by atoms with Crippen molar-refractivity contribution in [3.05, 3.63) is 23.2 Å². The number of nitrogens with two attached hydrogens (primary N) is 1. The van der Waals surface area contributed by atoms with Gasteiger partial charge in [0.2, 0.25) is 0 Å². The van der Waals surface area contributed by atoms with Crippen molar-refractivity contribution in [3.63, 3.8) is 0 Å². The highest BCUT2D eigenvalue weighted by atomic mass is 16.5. The molecule has 0 unspecified atom stereocenters. The number of allylic oxidation sites excluding steroid dienone is 2. The van der Waals surface area contributed by atoms with Crippen molar-refractivity contribution >= 4 is 11.7 Å². The molecule has 0 aliphatic heterocycles. The van der Waals surface area contributed by atoms with Crippen LogP contribution in [0.25, 0.3) is 0 Å². The number of methoxy groups -OCH3 is 1. The molecule has 7 nitrogen and oxygen atoms in total. The Labute approximate surface area is 110 Å². The molecule has 7 heteroatoms. The van der Waals surface area contributed by atoms with E-state index < -0.39 is 18.2 Å². The molecule has 0 spiro atoms. The highest BCUT2D eigenvalue weighted by Gasteiger charge is 2.37. The predicted molar refractivity (Wildman–Crippen MR) is 68.3 cm³/mol. The van der Waals surface area contributed by atoms with Gasteiger partial charge >= 0.3 is 5.97 Å². The van der Waals surface area contributed by atoms with Crippen molar-refractivity contribution < 1.29 is 24.9 Å². The molecule has 0 amide bonds. The van der Waals surface area contributed by atoms with Crippen LogP contribution in [0.4, 0.5) is 0 Å². The van der Waals surface area contributed by atoms with Crippen LogP contribution < -0.4 is 5.73 Å². The van der Waals surface area contributed by atoms with Crippen molar-refractivity contribution in [3.8, 4) is 0 Å². The number of aliphatic imine (C=N–C) groups is 1. The van der Waals surface area contributed by atoms with E-state index in [0.29, 0.717) is 0 Å². The Hall–Kier alpha value is -1.86. The molecular weight excluding hydrogens is 252 g/mol. The van der Waals surface area contributed by atoms with E-state index >= 15 is 0 Å². The number of hydrogen-bond donors (Lipinski definition) is 4. The first-order valence-electron chi connectivity index (χ1n) is 5.70. The molecule has 0 aromatic carbocycles. The highest BCUT2D eigenvalue weighted by Crippen LogP contribution is 2.29. The summed E-state index contributed by atoms with van der Waals surface area (Å²) < 4.78 is 5.09. The Morgan fingerprint density at radius 2 is 2.21 bits per heavy atom. The van der Waals surface area contributed by atoms with Crippen LogP contribution in [0.3, 0.4) is 0 Å². The van der Waals surface area contributed by atoms with Gasteiger partial charge in [-0.3, -0.25) is 0 Å². The normalized spacial score (nSPS) is 26.7. The molecule has 5 N–H and O–H groups in total. The average Bonchev–Trinajstić information content (AvgIpc) is 2.35. The molecule has 0 radical (unpaired) electrons. The standard InChI is InChI=1S/C12H18N2O5/c1-3-8(11(16)17)14-9-5-12(18,6-15)4-7(13)10(9)19-2/h3,15,18H,4-6,13H2,1-2H3,(H,16,17)/b8-3+,14-9?/t12-/m0/s1. The number of hydrogen-bond acceptors (Lipinski definition) is 6. The van der Waals surface area contributed by atoms with E-state index in [1.54, 1.807) is 0 Å². The third-order valence-electron chi connectivity index (χ3n) is 2.82. The number of aliphatic hydroxyl groups is 2. The smallest absolute Gasteiger partial charge is 0.354 e. The second kappa shape index (κ2) is 5.85. The molecule has 1 atom stereocenters. The van der Waals surface area contributed by atoms with E-state index in [1.807, 2.05) is 0 Å². The maximum Gasteiger partial charge on any atom is 0.354 e. The molecular formula is C12H18N2O5. The minimum atomic E-state index is -1.44. The highest BCUT2D eigenvalue weighted by molar-refractivity contribution is 6.03. The molecule has 106 valence electrons. The van der Waals surface area contributed by atoms with Gasteiger partial charge in [-0.15, -0.1) is 0 Å². The lowest BCUT2D eigenvalue weighted by Gasteiger charge is -2.32. The minimum absolute atomic E-state index is 0.0298. The fourth-order valence-electron chi connectivity index (χ4n) is 1.91. The summed E-state index contributed by atoms with van der Waals surface area (Å²) in [5, 5.41) is 28.2. The van der Waals surface area contributed by atoms with Crippen molar-refractivity contribution in [1.29, 1.82) is 0 Å². The number of nitrogens with zero attached hydrogens (tertiary/aromatic N) is 1. The van der Waals surface area contributed by atoms with Gasteiger partial charge < -0.3 is 25.8 Å². The van der Waals surface area contributed by atoms with Gasteiger partial charge in [0.1, 0.15) is 5.70 Å². The number of carboxylic acid groups (broad SMARTS) is 1. The molecule has 0 heterocycles. The van der Waals surface area contributed by atoms with Gasteiger partial charge in [-0.25, -0.2) is 9.79 Å². The third-order valence-corrected chi connectivity index (χ3v) is 2.82. The number of carbonyl (C=O) groups is 1. The molecule has 1 rings (SSSR count). The fraction of sp³-hybridized carbons (Fsp3) is 0.500. The Kier molecular flexibility index (Phi) is 4.68. The van der Waals surface area contributed by atoms with Gasteiger partial charge in [0, 0.05) is 12.8 Å². The van der Waals surface area contributed by atoms with Gasteiger partial charge in [0.25, 0.3) is 0 Å². The summed E-state index contributed by atoms with van der Waals surface area (Å²) in [6.45, 7) is 1.04. The summed E-state index contributed by atoms with van der Waals surface area (Å²) >= 11 is 0. The Morgan fingerprint density at radius 3 is 2.63 bits per heavy atom. The number of aliphatic hydroxyl groups excluding tert-OH is 1. The molecule has 19 heavy (non-hydrogen) atoms. The largest absolute Gasteiger partial charge is 0.493 e. The fourth-order valence-corrected chi connectivity index (χ4v) is 1.91. The van der Waals surface area contributed by atoms with Crippen molar-refractivity contribution in [2.24, 2.45) is 10.7 Å². The zero-order valence-electron chi connectivity index (χ0n) is 10.9. The van der Waals surface area contributed by atoms with E-state index in [-0.39, 0.29) is 35.7 Å². The lowest BCUT2D eigenvalue weighted by molar-refractivity contribution is -0.132. The van der Waals surface area contributed by atoms with E-state index in [2.05, 4.69) is 4.99 Å².